The predicted octanol–water partition coefficient (Wildman–Crippen LogP) is 0.627. The Kier molecular flexibility index (Phi) is 3.72. The van der Waals surface area contributed by atoms with Gasteiger partial charge in [-0.15, -0.1) is 0 Å². The van der Waals surface area contributed by atoms with E-state index in [9.17, 15) is 9.59 Å². The molecule has 18 heavy (non-hydrogen) atoms. The molecule has 1 aromatic rings. The van der Waals surface area contributed by atoms with Crippen LogP contribution in [0.15, 0.2) is 18.3 Å². The molecule has 5 heteroatoms. The van der Waals surface area contributed by atoms with Gasteiger partial charge in [0.1, 0.15) is 0 Å². The van der Waals surface area contributed by atoms with Crippen LogP contribution in [0.5, 0.6) is 0 Å². The fourth-order valence-corrected chi connectivity index (χ4v) is 2.02. The molecule has 2 rings (SSSR count). The largest absolute Gasteiger partial charge is 0.297 e. The number of amides is 2. The highest BCUT2D eigenvalue weighted by atomic mass is 16.2. The number of aryl methyl sites for hydroxylation is 1. The summed E-state index contributed by atoms with van der Waals surface area (Å²) in [4.78, 5) is 29.4. The fourth-order valence-electron chi connectivity index (χ4n) is 2.02. The molecule has 2 heterocycles. The van der Waals surface area contributed by atoms with Crippen LogP contribution < -0.4 is 5.32 Å². The molecule has 1 N–H and O–H groups in total. The molecule has 96 valence electrons. The number of aromatic nitrogens is 1. The molecular formula is C13H17N3O2. The zero-order valence-corrected chi connectivity index (χ0v) is 10.6. The average molecular weight is 247 g/mol. The summed E-state index contributed by atoms with van der Waals surface area (Å²) in [5.41, 5.74) is 1.76. The quantitative estimate of drug-likeness (QED) is 0.796. The number of pyridine rings is 1. The number of piperazine rings is 1. The van der Waals surface area contributed by atoms with Crippen molar-refractivity contribution in [2.75, 3.05) is 6.54 Å². The maximum Gasteiger partial charge on any atom is 0.246 e. The number of imide groups is 1. The molecule has 2 amide bonds. The summed E-state index contributed by atoms with van der Waals surface area (Å²) in [6.45, 7) is 4.34. The van der Waals surface area contributed by atoms with Crippen molar-refractivity contribution in [1.29, 1.82) is 0 Å². The Balaban J connectivity index is 2.18. The van der Waals surface area contributed by atoms with E-state index in [0.717, 1.165) is 11.3 Å². The fraction of sp³-hybridized carbons (Fsp3) is 0.462. The second kappa shape index (κ2) is 5.27. The van der Waals surface area contributed by atoms with Crippen molar-refractivity contribution in [1.82, 2.24) is 15.2 Å². The third-order valence-corrected chi connectivity index (χ3v) is 3.20. The van der Waals surface area contributed by atoms with Crippen LogP contribution in [0.4, 0.5) is 0 Å². The first-order valence-corrected chi connectivity index (χ1v) is 6.11. The lowest BCUT2D eigenvalue weighted by Crippen LogP contribution is -2.57. The Morgan fingerprint density at radius 1 is 1.50 bits per heavy atom. The van der Waals surface area contributed by atoms with E-state index >= 15 is 0 Å². The summed E-state index contributed by atoms with van der Waals surface area (Å²) in [5.74, 6) is -0.339. The first-order chi connectivity index (χ1) is 8.63. The minimum absolute atomic E-state index is 0.154. The number of hydrogen-bond acceptors (Lipinski definition) is 4. The van der Waals surface area contributed by atoms with E-state index in [1.54, 1.807) is 6.20 Å². The van der Waals surface area contributed by atoms with Crippen molar-refractivity contribution < 1.29 is 9.59 Å². The number of rotatable bonds is 3. The van der Waals surface area contributed by atoms with Gasteiger partial charge in [-0.1, -0.05) is 13.0 Å². The molecule has 0 radical (unpaired) electrons. The number of nitrogens with one attached hydrogen (secondary N) is 1. The summed E-state index contributed by atoms with van der Waals surface area (Å²) in [7, 11) is 0. The molecule has 5 nitrogen and oxygen atoms in total. The van der Waals surface area contributed by atoms with Crippen LogP contribution in [-0.2, 0) is 16.1 Å². The molecule has 0 bridgehead atoms. The van der Waals surface area contributed by atoms with Crippen LogP contribution in [-0.4, -0.2) is 34.3 Å². The van der Waals surface area contributed by atoms with Crippen LogP contribution in [0.2, 0.25) is 0 Å². The molecule has 0 aromatic carbocycles. The third kappa shape index (κ3) is 2.41. The first-order valence-electron chi connectivity index (χ1n) is 6.11. The molecule has 0 aliphatic carbocycles. The Hall–Kier alpha value is -1.75. The second-order valence-corrected chi connectivity index (χ2v) is 4.43. The Morgan fingerprint density at radius 3 is 2.94 bits per heavy atom. The third-order valence-electron chi connectivity index (χ3n) is 3.20. The van der Waals surface area contributed by atoms with Crippen LogP contribution in [0, 0.1) is 6.92 Å². The van der Waals surface area contributed by atoms with Crippen molar-refractivity contribution in [3.63, 3.8) is 0 Å². The summed E-state index contributed by atoms with van der Waals surface area (Å²) < 4.78 is 0. The molecule has 1 aliphatic heterocycles. The van der Waals surface area contributed by atoms with Crippen LogP contribution >= 0.6 is 0 Å². The summed E-state index contributed by atoms with van der Waals surface area (Å²) in [6.07, 6.45) is 2.36. The normalized spacial score (nSPS) is 20.3. The molecule has 1 fully saturated rings. The van der Waals surface area contributed by atoms with E-state index in [1.807, 2.05) is 26.0 Å². The van der Waals surface area contributed by atoms with Gasteiger partial charge >= 0.3 is 0 Å². The van der Waals surface area contributed by atoms with Gasteiger partial charge in [-0.05, 0) is 25.0 Å². The summed E-state index contributed by atoms with van der Waals surface area (Å²) in [5, 5.41) is 2.94. The molecular weight excluding hydrogens is 230 g/mol. The van der Waals surface area contributed by atoms with Gasteiger partial charge in [-0.3, -0.25) is 24.8 Å². The lowest BCUT2D eigenvalue weighted by Gasteiger charge is -2.31. The zero-order valence-electron chi connectivity index (χ0n) is 10.6. The van der Waals surface area contributed by atoms with Gasteiger partial charge in [0, 0.05) is 6.20 Å². The van der Waals surface area contributed by atoms with E-state index in [1.165, 1.54) is 4.90 Å². The van der Waals surface area contributed by atoms with Crippen molar-refractivity contribution in [2.45, 2.75) is 32.9 Å². The highest BCUT2D eigenvalue weighted by Gasteiger charge is 2.33. The van der Waals surface area contributed by atoms with Gasteiger partial charge in [-0.2, -0.15) is 0 Å². The zero-order chi connectivity index (χ0) is 13.1. The average Bonchev–Trinajstić information content (AvgIpc) is 2.37. The molecule has 0 spiro atoms. The highest BCUT2D eigenvalue weighted by molar-refractivity contribution is 6.01. The monoisotopic (exact) mass is 247 g/mol. The van der Waals surface area contributed by atoms with E-state index in [4.69, 9.17) is 0 Å². The SMILES string of the molecule is CCC1NCC(=O)N(Cc2ncccc2C)C1=O. The first kappa shape index (κ1) is 12.7. The van der Waals surface area contributed by atoms with E-state index in [2.05, 4.69) is 10.3 Å². The molecule has 1 unspecified atom stereocenters. The van der Waals surface area contributed by atoms with Gasteiger partial charge in [0.15, 0.2) is 0 Å². The minimum atomic E-state index is -0.258. The number of hydrogen-bond donors (Lipinski definition) is 1. The van der Waals surface area contributed by atoms with Gasteiger partial charge in [0.2, 0.25) is 11.8 Å². The van der Waals surface area contributed by atoms with E-state index in [-0.39, 0.29) is 30.9 Å². The minimum Gasteiger partial charge on any atom is -0.297 e. The highest BCUT2D eigenvalue weighted by Crippen LogP contribution is 2.12. The number of carbonyl (C=O) groups is 2. The van der Waals surface area contributed by atoms with Crippen LogP contribution in [0.1, 0.15) is 24.6 Å². The Bertz CT molecular complexity index is 473. The van der Waals surface area contributed by atoms with E-state index in [0.29, 0.717) is 6.42 Å². The van der Waals surface area contributed by atoms with Gasteiger partial charge in [-0.25, -0.2) is 0 Å². The van der Waals surface area contributed by atoms with Crippen LogP contribution in [0.3, 0.4) is 0 Å². The Labute approximate surface area is 106 Å². The van der Waals surface area contributed by atoms with Gasteiger partial charge < -0.3 is 0 Å². The molecule has 1 aliphatic rings. The maximum atomic E-state index is 12.1. The topological polar surface area (TPSA) is 62.3 Å². The van der Waals surface area contributed by atoms with Gasteiger partial charge in [0.25, 0.3) is 0 Å². The number of nitrogens with zero attached hydrogens (tertiary/aromatic N) is 2. The predicted molar refractivity (Wildman–Crippen MR) is 66.6 cm³/mol. The van der Waals surface area contributed by atoms with Crippen molar-refractivity contribution >= 4 is 11.8 Å². The molecule has 1 aromatic heterocycles. The van der Waals surface area contributed by atoms with E-state index < -0.39 is 0 Å². The van der Waals surface area contributed by atoms with Crippen LogP contribution in [0.25, 0.3) is 0 Å². The number of carbonyl (C=O) groups excluding carboxylic acids is 2. The molecule has 1 atom stereocenters. The summed E-state index contributed by atoms with van der Waals surface area (Å²) in [6, 6.07) is 3.51. The van der Waals surface area contributed by atoms with Gasteiger partial charge in [0.05, 0.1) is 24.8 Å². The molecule has 0 saturated carbocycles. The second-order valence-electron chi connectivity index (χ2n) is 4.43. The smallest absolute Gasteiger partial charge is 0.246 e. The van der Waals surface area contributed by atoms with Crippen molar-refractivity contribution in [2.24, 2.45) is 0 Å². The summed E-state index contributed by atoms with van der Waals surface area (Å²) >= 11 is 0. The lowest BCUT2D eigenvalue weighted by atomic mass is 10.1. The maximum absolute atomic E-state index is 12.1. The Morgan fingerprint density at radius 2 is 2.28 bits per heavy atom. The standard InChI is InChI=1S/C13H17N3O2/c1-3-10-13(18)16(12(17)7-15-10)8-11-9(2)5-4-6-14-11/h4-6,10,15H,3,7-8H2,1-2H3. The lowest BCUT2D eigenvalue weighted by molar-refractivity contribution is -0.150. The van der Waals surface area contributed by atoms with Crippen molar-refractivity contribution in [3.05, 3.63) is 29.6 Å². The van der Waals surface area contributed by atoms with Crippen molar-refractivity contribution in [3.8, 4) is 0 Å². The molecule has 1 saturated heterocycles.